The van der Waals surface area contributed by atoms with E-state index in [1.165, 1.54) is 0 Å². The largest absolute Gasteiger partial charge is 0.300 e. The Bertz CT molecular complexity index is 706. The molecule has 1 aliphatic rings. The van der Waals surface area contributed by atoms with Crippen LogP contribution in [0.25, 0.3) is 0 Å². The Labute approximate surface area is 137 Å². The summed E-state index contributed by atoms with van der Waals surface area (Å²) in [6.45, 7) is 1.04. The van der Waals surface area contributed by atoms with Crippen LogP contribution in [0.4, 0.5) is 0 Å². The fourth-order valence-corrected chi connectivity index (χ4v) is 4.99. The van der Waals surface area contributed by atoms with Gasteiger partial charge in [0, 0.05) is 13.1 Å². The van der Waals surface area contributed by atoms with Gasteiger partial charge >= 0.3 is 0 Å². The first-order valence-corrected chi connectivity index (χ1v) is 9.51. The molecule has 0 bridgehead atoms. The predicted molar refractivity (Wildman–Crippen MR) is 92.1 cm³/mol. The Morgan fingerprint density at radius 2 is 1.39 bits per heavy atom. The van der Waals surface area contributed by atoms with E-state index in [4.69, 9.17) is 5.73 Å². The maximum atomic E-state index is 12.5. The molecule has 1 unspecified atom stereocenters. The monoisotopic (exact) mass is 330 g/mol. The Morgan fingerprint density at radius 1 is 0.913 bits per heavy atom. The van der Waals surface area contributed by atoms with Crippen LogP contribution in [0.3, 0.4) is 0 Å². The van der Waals surface area contributed by atoms with Crippen molar-refractivity contribution in [2.45, 2.75) is 30.9 Å². The molecule has 0 saturated carbocycles. The van der Waals surface area contributed by atoms with E-state index < -0.39 is 14.8 Å². The Balaban J connectivity index is 1.93. The van der Waals surface area contributed by atoms with Gasteiger partial charge in [-0.3, -0.25) is 4.90 Å². The van der Waals surface area contributed by atoms with Crippen molar-refractivity contribution in [1.82, 2.24) is 4.90 Å². The summed E-state index contributed by atoms with van der Waals surface area (Å²) in [5.74, 6) is 0.170. The fraction of sp³-hybridized carbons (Fsp3) is 0.333. The van der Waals surface area contributed by atoms with E-state index in [-0.39, 0.29) is 5.75 Å². The van der Waals surface area contributed by atoms with Crippen molar-refractivity contribution in [2.24, 2.45) is 5.73 Å². The van der Waals surface area contributed by atoms with Gasteiger partial charge in [-0.1, -0.05) is 60.7 Å². The molecule has 1 fully saturated rings. The van der Waals surface area contributed by atoms with Crippen LogP contribution in [0.15, 0.2) is 60.7 Å². The predicted octanol–water partition coefficient (Wildman–Crippen LogP) is 2.51. The number of rotatable bonds is 5. The molecule has 2 aromatic rings. The van der Waals surface area contributed by atoms with Crippen LogP contribution in [0, 0.1) is 0 Å². The summed E-state index contributed by atoms with van der Waals surface area (Å²) in [5, 5.41) is 0. The minimum atomic E-state index is -3.32. The molecule has 0 radical (unpaired) electrons. The summed E-state index contributed by atoms with van der Waals surface area (Å²) in [6.07, 6.45) is 1.11. The lowest BCUT2D eigenvalue weighted by Gasteiger charge is -2.37. The normalized spacial score (nSPS) is 23.2. The SMILES string of the molecule is NC1(N(Cc2ccccc2)Cc2ccccc2)CCCS1(=O)=O. The van der Waals surface area contributed by atoms with E-state index in [2.05, 4.69) is 0 Å². The van der Waals surface area contributed by atoms with Gasteiger partial charge in [-0.05, 0) is 24.0 Å². The van der Waals surface area contributed by atoms with Crippen LogP contribution in [0.5, 0.6) is 0 Å². The molecule has 4 nitrogen and oxygen atoms in total. The van der Waals surface area contributed by atoms with E-state index in [9.17, 15) is 8.42 Å². The summed E-state index contributed by atoms with van der Waals surface area (Å²) < 4.78 is 25.1. The second kappa shape index (κ2) is 6.43. The maximum absolute atomic E-state index is 12.5. The Hall–Kier alpha value is -1.69. The molecule has 2 aromatic carbocycles. The summed E-state index contributed by atoms with van der Waals surface area (Å²) in [7, 11) is -3.32. The smallest absolute Gasteiger partial charge is 0.182 e. The minimum absolute atomic E-state index is 0.170. The third kappa shape index (κ3) is 3.32. The zero-order valence-electron chi connectivity index (χ0n) is 13.1. The number of sulfone groups is 1. The third-order valence-electron chi connectivity index (χ3n) is 4.45. The molecule has 0 aliphatic carbocycles. The second-order valence-corrected chi connectivity index (χ2v) is 8.44. The van der Waals surface area contributed by atoms with E-state index in [1.54, 1.807) is 0 Å². The van der Waals surface area contributed by atoms with E-state index in [0.717, 1.165) is 11.1 Å². The molecule has 1 saturated heterocycles. The molecule has 1 atom stereocenters. The van der Waals surface area contributed by atoms with Gasteiger partial charge in [0.25, 0.3) is 0 Å². The Kier molecular flexibility index (Phi) is 4.53. The molecule has 1 heterocycles. The molecular formula is C18H22N2O2S. The quantitative estimate of drug-likeness (QED) is 0.856. The lowest BCUT2D eigenvalue weighted by atomic mass is 10.1. The minimum Gasteiger partial charge on any atom is -0.300 e. The van der Waals surface area contributed by atoms with Crippen molar-refractivity contribution in [3.63, 3.8) is 0 Å². The molecule has 0 amide bonds. The highest BCUT2D eigenvalue weighted by Crippen LogP contribution is 2.33. The van der Waals surface area contributed by atoms with Gasteiger partial charge in [0.2, 0.25) is 0 Å². The maximum Gasteiger partial charge on any atom is 0.182 e. The van der Waals surface area contributed by atoms with Gasteiger partial charge in [-0.25, -0.2) is 8.42 Å². The third-order valence-corrected chi connectivity index (χ3v) is 6.82. The van der Waals surface area contributed by atoms with Crippen molar-refractivity contribution < 1.29 is 8.42 Å². The first-order chi connectivity index (χ1) is 11.0. The highest BCUT2D eigenvalue weighted by molar-refractivity contribution is 7.92. The lowest BCUT2D eigenvalue weighted by molar-refractivity contribution is 0.141. The highest BCUT2D eigenvalue weighted by atomic mass is 32.2. The fourth-order valence-electron chi connectivity index (χ4n) is 3.13. The molecule has 122 valence electrons. The molecule has 0 spiro atoms. The van der Waals surface area contributed by atoms with E-state index in [0.29, 0.717) is 25.9 Å². The molecule has 0 aromatic heterocycles. The van der Waals surface area contributed by atoms with Crippen LogP contribution in [-0.4, -0.2) is 24.1 Å². The van der Waals surface area contributed by atoms with Crippen molar-refractivity contribution >= 4 is 9.84 Å². The van der Waals surface area contributed by atoms with Gasteiger partial charge in [0.05, 0.1) is 5.75 Å². The first kappa shape index (κ1) is 16.2. The topological polar surface area (TPSA) is 63.4 Å². The number of hydrogen-bond acceptors (Lipinski definition) is 4. The zero-order chi connectivity index (χ0) is 16.3. The van der Waals surface area contributed by atoms with E-state index >= 15 is 0 Å². The first-order valence-electron chi connectivity index (χ1n) is 7.85. The molecule has 2 N–H and O–H groups in total. The van der Waals surface area contributed by atoms with Crippen LogP contribution in [-0.2, 0) is 22.9 Å². The number of hydrogen-bond donors (Lipinski definition) is 1. The van der Waals surface area contributed by atoms with Crippen molar-refractivity contribution in [3.8, 4) is 0 Å². The molecule has 5 heteroatoms. The van der Waals surface area contributed by atoms with Gasteiger partial charge < -0.3 is 5.73 Å². The van der Waals surface area contributed by atoms with E-state index in [1.807, 2.05) is 65.6 Å². The Morgan fingerprint density at radius 3 is 1.78 bits per heavy atom. The van der Waals surface area contributed by atoms with Gasteiger partial charge in [0.1, 0.15) is 0 Å². The van der Waals surface area contributed by atoms with Crippen LogP contribution < -0.4 is 5.73 Å². The molecular weight excluding hydrogens is 308 g/mol. The standard InChI is InChI=1S/C18H22N2O2S/c19-18(12-7-13-23(18,21)22)20(14-16-8-3-1-4-9-16)15-17-10-5-2-6-11-17/h1-6,8-11H,7,12-15,19H2. The van der Waals surface area contributed by atoms with Crippen LogP contribution in [0.1, 0.15) is 24.0 Å². The number of benzene rings is 2. The van der Waals surface area contributed by atoms with Crippen LogP contribution in [0.2, 0.25) is 0 Å². The number of nitrogens with zero attached hydrogens (tertiary/aromatic N) is 1. The summed E-state index contributed by atoms with van der Waals surface area (Å²) in [4.78, 5) is 0.624. The summed E-state index contributed by atoms with van der Waals surface area (Å²) in [5.41, 5.74) is 8.55. The molecule has 1 aliphatic heterocycles. The van der Waals surface area contributed by atoms with Gasteiger partial charge in [0.15, 0.2) is 14.8 Å². The number of nitrogens with two attached hydrogens (primary N) is 1. The summed E-state index contributed by atoms with van der Waals surface area (Å²) >= 11 is 0. The van der Waals surface area contributed by atoms with Crippen molar-refractivity contribution in [3.05, 3.63) is 71.8 Å². The average molecular weight is 330 g/mol. The van der Waals surface area contributed by atoms with Crippen molar-refractivity contribution in [2.75, 3.05) is 5.75 Å². The lowest BCUT2D eigenvalue weighted by Crippen LogP contribution is -2.58. The second-order valence-electron chi connectivity index (χ2n) is 6.09. The average Bonchev–Trinajstić information content (AvgIpc) is 2.83. The zero-order valence-corrected chi connectivity index (χ0v) is 13.9. The van der Waals surface area contributed by atoms with Crippen molar-refractivity contribution in [1.29, 1.82) is 0 Å². The van der Waals surface area contributed by atoms with Gasteiger partial charge in [-0.15, -0.1) is 0 Å². The molecule has 23 heavy (non-hydrogen) atoms. The summed E-state index contributed by atoms with van der Waals surface area (Å²) in [6, 6.07) is 19.8. The van der Waals surface area contributed by atoms with Crippen LogP contribution >= 0.6 is 0 Å². The highest BCUT2D eigenvalue weighted by Gasteiger charge is 2.48. The van der Waals surface area contributed by atoms with Gasteiger partial charge in [-0.2, -0.15) is 0 Å². The molecule has 3 rings (SSSR count).